The lowest BCUT2D eigenvalue weighted by Gasteiger charge is -2.33. The first kappa shape index (κ1) is 25.0. The second-order valence-corrected chi connectivity index (χ2v) is 12.8. The minimum atomic E-state index is -0.465. The molecule has 1 aromatic heterocycles. The van der Waals surface area contributed by atoms with E-state index in [9.17, 15) is 4.79 Å². The summed E-state index contributed by atoms with van der Waals surface area (Å²) in [5, 5.41) is 0. The first-order valence-electron chi connectivity index (χ1n) is 11.1. The molecule has 1 aliphatic rings. The smallest absolute Gasteiger partial charge is 0.410 e. The maximum atomic E-state index is 12.7. The fourth-order valence-electron chi connectivity index (χ4n) is 3.89. The van der Waals surface area contributed by atoms with E-state index in [0.29, 0.717) is 12.0 Å². The zero-order chi connectivity index (χ0) is 22.6. The molecule has 0 saturated carbocycles. The number of pyridine rings is 1. The third-order valence-electron chi connectivity index (χ3n) is 5.21. The number of rotatable bonds is 7. The third-order valence-corrected chi connectivity index (χ3v) is 6.27. The zero-order valence-electron chi connectivity index (χ0n) is 20.1. The van der Waals surface area contributed by atoms with Crippen LogP contribution in [0.5, 0.6) is 0 Å². The van der Waals surface area contributed by atoms with E-state index in [1.54, 1.807) is 11.9 Å². The van der Waals surface area contributed by atoms with Crippen LogP contribution in [-0.4, -0.2) is 44.5 Å². The van der Waals surface area contributed by atoms with Gasteiger partial charge < -0.3 is 9.64 Å². The maximum Gasteiger partial charge on any atom is 0.410 e. The summed E-state index contributed by atoms with van der Waals surface area (Å²) in [5.74, 6) is 0.486. The normalized spacial score (nSPS) is 20.3. The predicted molar refractivity (Wildman–Crippen MR) is 127 cm³/mol. The van der Waals surface area contributed by atoms with Gasteiger partial charge in [-0.2, -0.15) is 0 Å². The van der Waals surface area contributed by atoms with Crippen LogP contribution < -0.4 is 4.72 Å². The minimum absolute atomic E-state index is 0.158. The Hall–Kier alpha value is -1.27. The van der Waals surface area contributed by atoms with Gasteiger partial charge in [-0.25, -0.2) is 4.79 Å². The molecule has 1 aromatic rings. The molecule has 0 aromatic carbocycles. The van der Waals surface area contributed by atoms with E-state index in [-0.39, 0.29) is 16.4 Å². The summed E-state index contributed by atoms with van der Waals surface area (Å²) in [6, 6.07) is 6.46. The maximum absolute atomic E-state index is 12.7. The van der Waals surface area contributed by atoms with Crippen molar-refractivity contribution in [3.8, 4) is 0 Å². The number of hydrogen-bond acceptors (Lipinski definition) is 5. The van der Waals surface area contributed by atoms with Crippen LogP contribution in [0, 0.1) is 5.92 Å². The molecule has 2 atom stereocenters. The van der Waals surface area contributed by atoms with Gasteiger partial charge >= 0.3 is 6.09 Å². The molecule has 1 fully saturated rings. The van der Waals surface area contributed by atoms with Crippen LogP contribution in [0.15, 0.2) is 24.4 Å². The van der Waals surface area contributed by atoms with E-state index >= 15 is 0 Å². The Morgan fingerprint density at radius 3 is 2.57 bits per heavy atom. The van der Waals surface area contributed by atoms with Crippen molar-refractivity contribution in [2.24, 2.45) is 5.92 Å². The Balaban J connectivity index is 1.97. The molecule has 0 aliphatic carbocycles. The molecule has 0 bridgehead atoms. The van der Waals surface area contributed by atoms with Crippen LogP contribution in [0.3, 0.4) is 0 Å². The fraction of sp³-hybridized carbons (Fsp3) is 0.750. The number of ether oxygens (including phenoxy) is 1. The van der Waals surface area contributed by atoms with Crippen molar-refractivity contribution in [2.45, 2.75) is 103 Å². The van der Waals surface area contributed by atoms with Gasteiger partial charge in [0.05, 0.1) is 0 Å². The summed E-state index contributed by atoms with van der Waals surface area (Å²) < 4.78 is 9.50. The average Bonchev–Trinajstić information content (AvgIpc) is 2.90. The molecule has 2 heterocycles. The largest absolute Gasteiger partial charge is 0.444 e. The summed E-state index contributed by atoms with van der Waals surface area (Å²) in [6.45, 7) is 17.5. The standard InChI is InChI=1S/C24H41N3O2S/c1-22(2,3)29-21(28)27-17-18(16-24(27,7)8)12-13-20(26-30-23(4,5)6)15-19-11-9-10-14-25-19/h9-11,14,18,20,26H,12-13,15-17H2,1-8H3. The third kappa shape index (κ3) is 8.46. The molecule has 1 amide bonds. The highest BCUT2D eigenvalue weighted by Crippen LogP contribution is 2.36. The summed E-state index contributed by atoms with van der Waals surface area (Å²) in [4.78, 5) is 19.1. The zero-order valence-corrected chi connectivity index (χ0v) is 20.9. The number of amides is 1. The second kappa shape index (κ2) is 9.90. The molecule has 0 spiro atoms. The number of carbonyl (C=O) groups is 1. The lowest BCUT2D eigenvalue weighted by atomic mass is 9.91. The molecule has 30 heavy (non-hydrogen) atoms. The Morgan fingerprint density at radius 2 is 2.00 bits per heavy atom. The summed E-state index contributed by atoms with van der Waals surface area (Å²) in [5.41, 5.74) is 0.483. The minimum Gasteiger partial charge on any atom is -0.444 e. The van der Waals surface area contributed by atoms with E-state index in [1.807, 2.05) is 37.9 Å². The molecular weight excluding hydrogens is 394 g/mol. The van der Waals surface area contributed by atoms with E-state index < -0.39 is 5.60 Å². The quantitative estimate of drug-likeness (QED) is 0.545. The van der Waals surface area contributed by atoms with Gasteiger partial charge in [-0.15, -0.1) is 0 Å². The highest BCUT2D eigenvalue weighted by atomic mass is 32.2. The number of likely N-dealkylation sites (tertiary alicyclic amines) is 1. The first-order chi connectivity index (χ1) is 13.8. The molecule has 1 N–H and O–H groups in total. The average molecular weight is 436 g/mol. The van der Waals surface area contributed by atoms with Gasteiger partial charge in [0.15, 0.2) is 0 Å². The predicted octanol–water partition coefficient (Wildman–Crippen LogP) is 5.84. The number of aromatic nitrogens is 1. The summed E-state index contributed by atoms with van der Waals surface area (Å²) >= 11 is 1.79. The van der Waals surface area contributed by atoms with Gasteiger partial charge in [-0.05, 0) is 92.7 Å². The highest BCUT2D eigenvalue weighted by Gasteiger charge is 2.42. The van der Waals surface area contributed by atoms with E-state index in [0.717, 1.165) is 37.9 Å². The first-order valence-corrected chi connectivity index (χ1v) is 11.9. The van der Waals surface area contributed by atoms with Gasteiger partial charge in [0, 0.05) is 41.2 Å². The van der Waals surface area contributed by atoms with Gasteiger partial charge in [0.25, 0.3) is 0 Å². The number of nitrogens with zero attached hydrogens (tertiary/aromatic N) is 2. The van der Waals surface area contributed by atoms with Gasteiger partial charge in [0.2, 0.25) is 0 Å². The van der Waals surface area contributed by atoms with Gasteiger partial charge in [0.1, 0.15) is 5.60 Å². The summed E-state index contributed by atoms with van der Waals surface area (Å²) in [6.07, 6.45) is 5.73. The topological polar surface area (TPSA) is 54.5 Å². The molecule has 1 saturated heterocycles. The van der Waals surface area contributed by atoms with Crippen LogP contribution in [0.2, 0.25) is 0 Å². The van der Waals surface area contributed by atoms with Crippen molar-refractivity contribution in [1.82, 2.24) is 14.6 Å². The fourth-order valence-corrected chi connectivity index (χ4v) is 4.61. The van der Waals surface area contributed by atoms with Gasteiger partial charge in [-0.1, -0.05) is 18.0 Å². The monoisotopic (exact) mass is 435 g/mol. The molecule has 6 heteroatoms. The Bertz CT molecular complexity index is 680. The van der Waals surface area contributed by atoms with E-state index in [1.165, 1.54) is 0 Å². The van der Waals surface area contributed by atoms with E-state index in [4.69, 9.17) is 4.74 Å². The molecule has 0 radical (unpaired) electrons. The molecule has 5 nitrogen and oxygen atoms in total. The second-order valence-electron chi connectivity index (χ2n) is 11.1. The van der Waals surface area contributed by atoms with Crippen LogP contribution in [0.25, 0.3) is 0 Å². The molecular formula is C24H41N3O2S. The van der Waals surface area contributed by atoms with Crippen LogP contribution in [0.4, 0.5) is 4.79 Å². The van der Waals surface area contributed by atoms with Crippen molar-refractivity contribution in [1.29, 1.82) is 0 Å². The van der Waals surface area contributed by atoms with Gasteiger partial charge in [-0.3, -0.25) is 9.71 Å². The van der Waals surface area contributed by atoms with Crippen LogP contribution in [0.1, 0.15) is 80.3 Å². The SMILES string of the molecule is CC(C)(C)OC(=O)N1CC(CCC(Cc2ccccn2)NSC(C)(C)C)CC1(C)C. The molecule has 2 rings (SSSR count). The Kier molecular flexibility index (Phi) is 8.25. The van der Waals surface area contributed by atoms with Crippen LogP contribution >= 0.6 is 11.9 Å². The molecule has 170 valence electrons. The number of nitrogens with one attached hydrogen (secondary N) is 1. The lowest BCUT2D eigenvalue weighted by Crippen LogP contribution is -2.45. The lowest BCUT2D eigenvalue weighted by molar-refractivity contribution is 0.0131. The van der Waals surface area contributed by atoms with Crippen molar-refractivity contribution in [3.05, 3.63) is 30.1 Å². The number of carbonyl (C=O) groups excluding carboxylic acids is 1. The van der Waals surface area contributed by atoms with E-state index in [2.05, 4.69) is 56.5 Å². The molecule has 1 aliphatic heterocycles. The molecule has 2 unspecified atom stereocenters. The van der Waals surface area contributed by atoms with Crippen molar-refractivity contribution in [2.75, 3.05) is 6.54 Å². The number of hydrogen-bond donors (Lipinski definition) is 1. The Labute approximate surface area is 187 Å². The Morgan fingerprint density at radius 1 is 1.30 bits per heavy atom. The van der Waals surface area contributed by atoms with Crippen molar-refractivity contribution < 1.29 is 9.53 Å². The van der Waals surface area contributed by atoms with Crippen LogP contribution in [-0.2, 0) is 11.2 Å². The van der Waals surface area contributed by atoms with Crippen molar-refractivity contribution in [3.63, 3.8) is 0 Å². The summed E-state index contributed by atoms with van der Waals surface area (Å²) in [7, 11) is 0. The highest BCUT2D eigenvalue weighted by molar-refractivity contribution is 7.98. The van der Waals surface area contributed by atoms with Crippen molar-refractivity contribution >= 4 is 18.0 Å².